The Bertz CT molecular complexity index is 517. The van der Waals surface area contributed by atoms with Gasteiger partial charge in [-0.05, 0) is 75.4 Å². The minimum absolute atomic E-state index is 0.166. The first kappa shape index (κ1) is 16.3. The fourth-order valence-corrected chi connectivity index (χ4v) is 3.47. The first-order valence-electron chi connectivity index (χ1n) is 8.77. The third-order valence-electron chi connectivity index (χ3n) is 5.20. The fourth-order valence-electron chi connectivity index (χ4n) is 3.47. The highest BCUT2D eigenvalue weighted by molar-refractivity contribution is 5.76. The van der Waals surface area contributed by atoms with E-state index in [2.05, 4.69) is 29.4 Å². The van der Waals surface area contributed by atoms with Gasteiger partial charge >= 0.3 is 0 Å². The second-order valence-corrected chi connectivity index (χ2v) is 7.11. The molecule has 2 fully saturated rings. The van der Waals surface area contributed by atoms with Crippen LogP contribution in [0.1, 0.15) is 43.7 Å². The molecule has 1 aromatic carbocycles. The van der Waals surface area contributed by atoms with Crippen LogP contribution in [0.15, 0.2) is 24.3 Å². The average Bonchev–Trinajstić information content (AvgIpc) is 3.40. The summed E-state index contributed by atoms with van der Waals surface area (Å²) < 4.78 is 5.22. The number of carbonyl (C=O) groups excluding carboxylic acids is 1. The van der Waals surface area contributed by atoms with Gasteiger partial charge in [0.15, 0.2) is 0 Å². The van der Waals surface area contributed by atoms with E-state index in [9.17, 15) is 4.79 Å². The minimum Gasteiger partial charge on any atom is -0.497 e. The van der Waals surface area contributed by atoms with E-state index in [0.717, 1.165) is 31.7 Å². The lowest BCUT2D eigenvalue weighted by Gasteiger charge is -2.29. The van der Waals surface area contributed by atoms with E-state index in [-0.39, 0.29) is 11.9 Å². The molecule has 1 saturated heterocycles. The van der Waals surface area contributed by atoms with Crippen LogP contribution in [0.3, 0.4) is 0 Å². The summed E-state index contributed by atoms with van der Waals surface area (Å²) in [6, 6.07) is 8.29. The Balaban J connectivity index is 1.57. The van der Waals surface area contributed by atoms with Gasteiger partial charge in [-0.2, -0.15) is 0 Å². The molecule has 1 N–H and O–H groups in total. The molecule has 1 aliphatic carbocycles. The maximum Gasteiger partial charge on any atom is 0.220 e. The predicted octanol–water partition coefficient (Wildman–Crippen LogP) is 2.99. The number of likely N-dealkylation sites (tertiary alicyclic amines) is 1. The molecule has 126 valence electrons. The van der Waals surface area contributed by atoms with Crippen molar-refractivity contribution in [2.24, 2.45) is 11.8 Å². The van der Waals surface area contributed by atoms with E-state index in [1.54, 1.807) is 7.11 Å². The number of nitrogens with zero attached hydrogens (tertiary/aromatic N) is 1. The highest BCUT2D eigenvalue weighted by Crippen LogP contribution is 2.41. The van der Waals surface area contributed by atoms with E-state index in [4.69, 9.17) is 4.74 Å². The van der Waals surface area contributed by atoms with E-state index >= 15 is 0 Å². The second-order valence-electron chi connectivity index (χ2n) is 7.11. The molecule has 1 aliphatic heterocycles. The number of ether oxygens (including phenoxy) is 1. The second kappa shape index (κ2) is 7.35. The molecule has 1 heterocycles. The topological polar surface area (TPSA) is 41.6 Å². The number of carbonyl (C=O) groups is 1. The van der Waals surface area contributed by atoms with Crippen molar-refractivity contribution in [3.05, 3.63) is 29.8 Å². The average molecular weight is 316 g/mol. The summed E-state index contributed by atoms with van der Waals surface area (Å²) in [5.74, 6) is 2.22. The van der Waals surface area contributed by atoms with Crippen LogP contribution in [0.5, 0.6) is 5.75 Å². The maximum absolute atomic E-state index is 12.5. The van der Waals surface area contributed by atoms with Gasteiger partial charge in [0.1, 0.15) is 5.75 Å². The summed E-state index contributed by atoms with van der Waals surface area (Å²) >= 11 is 0. The molecular formula is C19H28N2O2. The molecule has 2 aliphatic rings. The van der Waals surface area contributed by atoms with Crippen LogP contribution in [0, 0.1) is 11.8 Å². The van der Waals surface area contributed by atoms with Crippen LogP contribution in [0.2, 0.25) is 0 Å². The Morgan fingerprint density at radius 1 is 1.22 bits per heavy atom. The minimum atomic E-state index is 0.166. The molecule has 1 atom stereocenters. The number of rotatable bonds is 6. The first-order valence-corrected chi connectivity index (χ1v) is 8.77. The Hall–Kier alpha value is -1.55. The van der Waals surface area contributed by atoms with Crippen molar-refractivity contribution >= 4 is 5.91 Å². The zero-order chi connectivity index (χ0) is 16.2. The number of hydrogen-bond acceptors (Lipinski definition) is 3. The number of nitrogens with one attached hydrogen (secondary N) is 1. The SMILES string of the molecule is COc1ccc([C@@H](NC(=O)CC2CCN(C)CC2)C2CC2)cc1. The summed E-state index contributed by atoms with van der Waals surface area (Å²) in [5, 5.41) is 3.30. The van der Waals surface area contributed by atoms with Gasteiger partial charge in [0.2, 0.25) is 5.91 Å². The highest BCUT2D eigenvalue weighted by atomic mass is 16.5. The third-order valence-corrected chi connectivity index (χ3v) is 5.20. The molecule has 0 spiro atoms. The Morgan fingerprint density at radius 3 is 2.43 bits per heavy atom. The van der Waals surface area contributed by atoms with Gasteiger partial charge < -0.3 is 15.0 Å². The fraction of sp³-hybridized carbons (Fsp3) is 0.632. The molecule has 3 rings (SSSR count). The van der Waals surface area contributed by atoms with Crippen LogP contribution < -0.4 is 10.1 Å². The highest BCUT2D eigenvalue weighted by Gasteiger charge is 2.33. The molecular weight excluding hydrogens is 288 g/mol. The van der Waals surface area contributed by atoms with Crippen LogP contribution in [0.25, 0.3) is 0 Å². The zero-order valence-corrected chi connectivity index (χ0v) is 14.3. The van der Waals surface area contributed by atoms with Crippen molar-refractivity contribution in [1.29, 1.82) is 0 Å². The van der Waals surface area contributed by atoms with Crippen molar-refractivity contribution in [3.63, 3.8) is 0 Å². The lowest BCUT2D eigenvalue weighted by Crippen LogP contribution is -2.35. The van der Waals surface area contributed by atoms with E-state index in [1.807, 2.05) is 12.1 Å². The van der Waals surface area contributed by atoms with Crippen LogP contribution in [-0.2, 0) is 4.79 Å². The largest absolute Gasteiger partial charge is 0.497 e. The lowest BCUT2D eigenvalue weighted by molar-refractivity contribution is -0.123. The smallest absolute Gasteiger partial charge is 0.220 e. The predicted molar refractivity (Wildman–Crippen MR) is 91.4 cm³/mol. The van der Waals surface area contributed by atoms with Crippen molar-refractivity contribution in [1.82, 2.24) is 10.2 Å². The molecule has 0 radical (unpaired) electrons. The molecule has 23 heavy (non-hydrogen) atoms. The van der Waals surface area contributed by atoms with Gasteiger partial charge in [-0.25, -0.2) is 0 Å². The van der Waals surface area contributed by atoms with Crippen LogP contribution in [0.4, 0.5) is 0 Å². The van der Waals surface area contributed by atoms with E-state index in [1.165, 1.54) is 18.4 Å². The van der Waals surface area contributed by atoms with Crippen molar-refractivity contribution in [3.8, 4) is 5.75 Å². The molecule has 1 saturated carbocycles. The van der Waals surface area contributed by atoms with Gasteiger partial charge in [-0.15, -0.1) is 0 Å². The first-order chi connectivity index (χ1) is 11.2. The quantitative estimate of drug-likeness (QED) is 0.877. The Labute approximate surface area is 139 Å². The Morgan fingerprint density at radius 2 is 1.87 bits per heavy atom. The molecule has 0 aromatic heterocycles. The number of methoxy groups -OCH3 is 1. The van der Waals surface area contributed by atoms with E-state index in [0.29, 0.717) is 18.3 Å². The van der Waals surface area contributed by atoms with Crippen LogP contribution in [-0.4, -0.2) is 38.1 Å². The van der Waals surface area contributed by atoms with Gasteiger partial charge in [0, 0.05) is 6.42 Å². The van der Waals surface area contributed by atoms with Gasteiger partial charge in [0.25, 0.3) is 0 Å². The molecule has 4 nitrogen and oxygen atoms in total. The molecule has 1 aromatic rings. The summed E-state index contributed by atoms with van der Waals surface area (Å²) in [6.07, 6.45) is 5.38. The van der Waals surface area contributed by atoms with Crippen LogP contribution >= 0.6 is 0 Å². The molecule has 4 heteroatoms. The lowest BCUT2D eigenvalue weighted by atomic mass is 9.93. The number of benzene rings is 1. The third kappa shape index (κ3) is 4.47. The summed E-state index contributed by atoms with van der Waals surface area (Å²) in [5.41, 5.74) is 1.20. The molecule has 0 unspecified atom stereocenters. The zero-order valence-electron chi connectivity index (χ0n) is 14.3. The maximum atomic E-state index is 12.5. The van der Waals surface area contributed by atoms with Gasteiger partial charge in [-0.1, -0.05) is 12.1 Å². The van der Waals surface area contributed by atoms with Gasteiger partial charge in [-0.3, -0.25) is 4.79 Å². The summed E-state index contributed by atoms with van der Waals surface area (Å²) in [6.45, 7) is 2.23. The molecule has 1 amide bonds. The van der Waals surface area contributed by atoms with Crippen molar-refractivity contribution in [2.45, 2.75) is 38.1 Å². The number of hydrogen-bond donors (Lipinski definition) is 1. The van der Waals surface area contributed by atoms with Crippen molar-refractivity contribution in [2.75, 3.05) is 27.2 Å². The summed E-state index contributed by atoms with van der Waals surface area (Å²) in [4.78, 5) is 14.8. The number of piperidine rings is 1. The summed E-state index contributed by atoms with van der Waals surface area (Å²) in [7, 11) is 3.83. The number of amides is 1. The Kier molecular flexibility index (Phi) is 5.21. The standard InChI is InChI=1S/C19H28N2O2/c1-21-11-9-14(10-12-21)13-18(22)20-19(15-3-4-15)16-5-7-17(23-2)8-6-16/h5-8,14-15,19H,3-4,9-13H2,1-2H3,(H,20,22)/t19-/m0/s1. The van der Waals surface area contributed by atoms with E-state index < -0.39 is 0 Å². The molecule has 0 bridgehead atoms. The van der Waals surface area contributed by atoms with Crippen molar-refractivity contribution < 1.29 is 9.53 Å². The van der Waals surface area contributed by atoms with Gasteiger partial charge in [0.05, 0.1) is 13.2 Å². The monoisotopic (exact) mass is 316 g/mol. The normalized spacial score (nSPS) is 21.0.